The molecule has 0 aliphatic heterocycles. The molecule has 0 saturated heterocycles. The number of pyridine rings is 1. The molecule has 1 aromatic carbocycles. The predicted octanol–water partition coefficient (Wildman–Crippen LogP) is 4.37. The summed E-state index contributed by atoms with van der Waals surface area (Å²) in [6.07, 6.45) is 9.14. The minimum Gasteiger partial charge on any atom is -0.310 e. The Bertz CT molecular complexity index is 711. The normalized spacial score (nSPS) is 18.3. The predicted molar refractivity (Wildman–Crippen MR) is 92.3 cm³/mol. The van der Waals surface area contributed by atoms with E-state index in [0.29, 0.717) is 0 Å². The Morgan fingerprint density at radius 2 is 1.91 bits per heavy atom. The molecule has 0 bridgehead atoms. The van der Waals surface area contributed by atoms with Crippen LogP contribution in [-0.4, -0.2) is 11.0 Å². The highest BCUT2D eigenvalue weighted by molar-refractivity contribution is 5.87. The highest BCUT2D eigenvalue weighted by atomic mass is 14.9. The number of rotatable bonds is 3. The van der Waals surface area contributed by atoms with Crippen molar-refractivity contribution in [3.63, 3.8) is 0 Å². The van der Waals surface area contributed by atoms with Gasteiger partial charge in [0.25, 0.3) is 0 Å². The molecule has 2 aliphatic rings. The molecule has 116 valence electrons. The fourth-order valence-corrected chi connectivity index (χ4v) is 4.47. The first kappa shape index (κ1) is 14.2. The van der Waals surface area contributed by atoms with Crippen LogP contribution in [0.4, 0.5) is 0 Å². The summed E-state index contributed by atoms with van der Waals surface area (Å²) < 4.78 is 0. The van der Waals surface area contributed by atoms with Crippen LogP contribution < -0.4 is 5.32 Å². The van der Waals surface area contributed by atoms with Crippen LogP contribution in [0.2, 0.25) is 0 Å². The van der Waals surface area contributed by atoms with E-state index in [4.69, 9.17) is 4.98 Å². The van der Waals surface area contributed by atoms with E-state index >= 15 is 0 Å². The summed E-state index contributed by atoms with van der Waals surface area (Å²) in [6, 6.07) is 5.30. The van der Waals surface area contributed by atoms with Gasteiger partial charge in [0.1, 0.15) is 0 Å². The fourth-order valence-electron chi connectivity index (χ4n) is 4.47. The lowest BCUT2D eigenvalue weighted by Crippen LogP contribution is -2.26. The van der Waals surface area contributed by atoms with Crippen LogP contribution in [0.1, 0.15) is 60.1 Å². The molecule has 22 heavy (non-hydrogen) atoms. The molecule has 1 fully saturated rings. The zero-order valence-corrected chi connectivity index (χ0v) is 13.8. The van der Waals surface area contributed by atoms with Crippen molar-refractivity contribution in [2.45, 2.75) is 71.4 Å². The molecular weight excluding hydrogens is 268 g/mol. The van der Waals surface area contributed by atoms with Crippen LogP contribution in [0.3, 0.4) is 0 Å². The molecule has 2 heteroatoms. The van der Waals surface area contributed by atoms with Crippen molar-refractivity contribution in [3.05, 3.63) is 40.1 Å². The lowest BCUT2D eigenvalue weighted by molar-refractivity contribution is 0.524. The summed E-state index contributed by atoms with van der Waals surface area (Å²) in [5, 5.41) is 5.25. The minimum atomic E-state index is 0.728. The van der Waals surface area contributed by atoms with Gasteiger partial charge in [-0.3, -0.25) is 4.98 Å². The lowest BCUT2D eigenvalue weighted by atomic mass is 9.96. The Hall–Kier alpha value is -1.41. The average Bonchev–Trinajstić information content (AvgIpc) is 3.14. The summed E-state index contributed by atoms with van der Waals surface area (Å²) in [5.74, 6) is 0. The van der Waals surface area contributed by atoms with E-state index in [1.54, 1.807) is 11.1 Å². The number of hydrogen-bond acceptors (Lipinski definition) is 2. The molecule has 0 amide bonds. The maximum atomic E-state index is 4.99. The number of benzene rings is 1. The second-order valence-electron chi connectivity index (χ2n) is 7.21. The third-order valence-corrected chi connectivity index (χ3v) is 5.49. The van der Waals surface area contributed by atoms with E-state index in [-0.39, 0.29) is 0 Å². The van der Waals surface area contributed by atoms with E-state index < -0.39 is 0 Å². The lowest BCUT2D eigenvalue weighted by Gasteiger charge is -2.18. The standard InChI is InChI=1S/C20H26N2/c1-13-10-14(2)20-17(12-21-15-6-3-4-7-15)16-8-5-9-18(16)22-19(20)11-13/h10-11,15,21H,3-9,12H2,1-2H3. The van der Waals surface area contributed by atoms with E-state index in [2.05, 4.69) is 31.3 Å². The smallest absolute Gasteiger partial charge is 0.0714 e. The molecule has 1 aromatic heterocycles. The van der Waals surface area contributed by atoms with Gasteiger partial charge in [-0.25, -0.2) is 0 Å². The van der Waals surface area contributed by atoms with Gasteiger partial charge >= 0.3 is 0 Å². The van der Waals surface area contributed by atoms with Gasteiger partial charge in [0.2, 0.25) is 0 Å². The van der Waals surface area contributed by atoms with Gasteiger partial charge in [-0.2, -0.15) is 0 Å². The molecule has 2 aliphatic carbocycles. The van der Waals surface area contributed by atoms with Gasteiger partial charge in [-0.15, -0.1) is 0 Å². The summed E-state index contributed by atoms with van der Waals surface area (Å²) in [6.45, 7) is 5.45. The second kappa shape index (κ2) is 5.66. The van der Waals surface area contributed by atoms with Crippen molar-refractivity contribution in [3.8, 4) is 0 Å². The Kier molecular flexibility index (Phi) is 3.65. The molecule has 0 unspecified atom stereocenters. The first-order valence-corrected chi connectivity index (χ1v) is 8.87. The molecule has 0 spiro atoms. The van der Waals surface area contributed by atoms with E-state index in [0.717, 1.165) is 19.0 Å². The van der Waals surface area contributed by atoms with Gasteiger partial charge in [0, 0.05) is 23.7 Å². The van der Waals surface area contributed by atoms with Crippen molar-refractivity contribution in [1.29, 1.82) is 0 Å². The molecule has 0 radical (unpaired) electrons. The molecule has 2 nitrogen and oxygen atoms in total. The Morgan fingerprint density at radius 1 is 1.09 bits per heavy atom. The molecule has 2 aromatic rings. The molecule has 1 heterocycles. The van der Waals surface area contributed by atoms with Crippen molar-refractivity contribution in [1.82, 2.24) is 10.3 Å². The zero-order chi connectivity index (χ0) is 15.1. The van der Waals surface area contributed by atoms with Crippen molar-refractivity contribution in [2.75, 3.05) is 0 Å². The van der Waals surface area contributed by atoms with E-state index in [9.17, 15) is 0 Å². The van der Waals surface area contributed by atoms with Crippen LogP contribution in [0.15, 0.2) is 12.1 Å². The monoisotopic (exact) mass is 294 g/mol. The van der Waals surface area contributed by atoms with Gasteiger partial charge in [0.05, 0.1) is 5.52 Å². The third-order valence-electron chi connectivity index (χ3n) is 5.49. The van der Waals surface area contributed by atoms with Gasteiger partial charge < -0.3 is 5.32 Å². The largest absolute Gasteiger partial charge is 0.310 e. The number of hydrogen-bond donors (Lipinski definition) is 1. The number of aryl methyl sites for hydroxylation is 3. The molecule has 4 rings (SSSR count). The van der Waals surface area contributed by atoms with Crippen LogP contribution >= 0.6 is 0 Å². The maximum Gasteiger partial charge on any atom is 0.0714 e. The third kappa shape index (κ3) is 2.44. The molecule has 0 atom stereocenters. The molecule has 1 N–H and O–H groups in total. The fraction of sp³-hybridized carbons (Fsp3) is 0.550. The highest BCUT2D eigenvalue weighted by Crippen LogP contribution is 2.32. The van der Waals surface area contributed by atoms with Gasteiger partial charge in [0.15, 0.2) is 0 Å². The maximum absolute atomic E-state index is 4.99. The number of nitrogens with one attached hydrogen (secondary N) is 1. The summed E-state index contributed by atoms with van der Waals surface area (Å²) in [5.41, 5.74) is 8.37. The Labute approximate surface area is 133 Å². The van der Waals surface area contributed by atoms with Crippen LogP contribution in [0.25, 0.3) is 10.9 Å². The van der Waals surface area contributed by atoms with Crippen LogP contribution in [-0.2, 0) is 19.4 Å². The van der Waals surface area contributed by atoms with Gasteiger partial charge in [-0.1, -0.05) is 18.9 Å². The molecule has 1 saturated carbocycles. The summed E-state index contributed by atoms with van der Waals surface area (Å²) >= 11 is 0. The SMILES string of the molecule is Cc1cc(C)c2c(CNC3CCCC3)c3c(nc2c1)CCC3. The summed E-state index contributed by atoms with van der Waals surface area (Å²) in [4.78, 5) is 4.99. The number of fused-ring (bicyclic) bond motifs is 2. The molecular formula is C20H26N2. The van der Waals surface area contributed by atoms with Gasteiger partial charge in [-0.05, 0) is 74.3 Å². The van der Waals surface area contributed by atoms with Crippen molar-refractivity contribution in [2.24, 2.45) is 0 Å². The minimum absolute atomic E-state index is 0.728. The second-order valence-corrected chi connectivity index (χ2v) is 7.21. The zero-order valence-electron chi connectivity index (χ0n) is 13.8. The van der Waals surface area contributed by atoms with E-state index in [1.807, 2.05) is 0 Å². The number of nitrogens with zero attached hydrogens (tertiary/aromatic N) is 1. The highest BCUT2D eigenvalue weighted by Gasteiger charge is 2.22. The first-order chi connectivity index (χ1) is 10.7. The Morgan fingerprint density at radius 3 is 2.73 bits per heavy atom. The van der Waals surface area contributed by atoms with Crippen LogP contribution in [0.5, 0.6) is 0 Å². The average molecular weight is 294 g/mol. The topological polar surface area (TPSA) is 24.9 Å². The van der Waals surface area contributed by atoms with E-state index in [1.165, 1.54) is 66.2 Å². The number of aromatic nitrogens is 1. The summed E-state index contributed by atoms with van der Waals surface area (Å²) in [7, 11) is 0. The Balaban J connectivity index is 1.79. The van der Waals surface area contributed by atoms with Crippen LogP contribution in [0, 0.1) is 13.8 Å². The first-order valence-electron chi connectivity index (χ1n) is 8.87. The van der Waals surface area contributed by atoms with Crippen molar-refractivity contribution < 1.29 is 0 Å². The quantitative estimate of drug-likeness (QED) is 0.909. The van der Waals surface area contributed by atoms with Crippen molar-refractivity contribution >= 4 is 10.9 Å².